The van der Waals surface area contributed by atoms with Gasteiger partial charge in [-0.3, -0.25) is 0 Å². The Morgan fingerprint density at radius 2 is 1.05 bits per heavy atom. The van der Waals surface area contributed by atoms with Crippen LogP contribution in [0.2, 0.25) is 0 Å². The molecule has 4 rings (SSSR count). The average molecular weight is 552 g/mol. The monoisotopic (exact) mass is 551 g/mol. The van der Waals surface area contributed by atoms with Gasteiger partial charge < -0.3 is 24.6 Å². The minimum absolute atomic E-state index is 0.110. The highest BCUT2D eigenvalue weighted by atomic mass is 16.6. The maximum absolute atomic E-state index is 11.6. The summed E-state index contributed by atoms with van der Waals surface area (Å²) < 4.78 is 19.1. The Bertz CT molecular complexity index is 1240. The van der Waals surface area contributed by atoms with Crippen molar-refractivity contribution in [3.8, 4) is 0 Å². The number of ether oxygens (including phenoxy) is 3. The van der Waals surface area contributed by atoms with Crippen molar-refractivity contribution >= 4 is 0 Å². The van der Waals surface area contributed by atoms with E-state index >= 15 is 0 Å². The van der Waals surface area contributed by atoms with E-state index in [1.54, 1.807) is 0 Å². The Morgan fingerprint density at radius 1 is 0.610 bits per heavy atom. The van der Waals surface area contributed by atoms with E-state index in [9.17, 15) is 5.11 Å². The lowest BCUT2D eigenvalue weighted by Crippen LogP contribution is -2.53. The molecule has 0 radical (unpaired) electrons. The third-order valence-electron chi connectivity index (χ3n) is 6.90. The molecule has 0 fully saturated rings. The zero-order valence-electron chi connectivity index (χ0n) is 23.6. The Morgan fingerprint density at radius 3 is 1.54 bits per heavy atom. The van der Waals surface area contributed by atoms with Crippen molar-refractivity contribution in [2.24, 2.45) is 0 Å². The van der Waals surface area contributed by atoms with E-state index in [0.717, 1.165) is 22.3 Å². The van der Waals surface area contributed by atoms with Gasteiger partial charge in [-0.1, -0.05) is 127 Å². The predicted octanol–water partition coefficient (Wildman–Crippen LogP) is 6.47. The lowest BCUT2D eigenvalue weighted by molar-refractivity contribution is -0.156. The van der Waals surface area contributed by atoms with Crippen LogP contribution in [0.4, 0.5) is 0 Å². The molecule has 5 heteroatoms. The minimum atomic E-state index is -0.922. The second-order valence-electron chi connectivity index (χ2n) is 10.1. The van der Waals surface area contributed by atoms with Crippen LogP contribution in [0.5, 0.6) is 0 Å². The molecule has 0 unspecified atom stereocenters. The molecule has 4 atom stereocenters. The second kappa shape index (κ2) is 17.3. The molecule has 0 aliphatic rings. The first-order chi connectivity index (χ1) is 20.2. The van der Waals surface area contributed by atoms with E-state index in [-0.39, 0.29) is 12.6 Å². The van der Waals surface area contributed by atoms with Crippen molar-refractivity contribution < 1.29 is 19.3 Å². The van der Waals surface area contributed by atoms with Crippen LogP contribution in [0, 0.1) is 0 Å². The summed E-state index contributed by atoms with van der Waals surface area (Å²) in [5.41, 5.74) is 4.29. The van der Waals surface area contributed by atoms with Crippen LogP contribution in [-0.2, 0) is 40.6 Å². The molecule has 0 aliphatic carbocycles. The summed E-state index contributed by atoms with van der Waals surface area (Å²) in [6, 6.07) is 40.1. The molecule has 4 aromatic carbocycles. The van der Waals surface area contributed by atoms with Crippen molar-refractivity contribution in [1.82, 2.24) is 5.32 Å². The van der Waals surface area contributed by atoms with Gasteiger partial charge in [0.1, 0.15) is 18.3 Å². The summed E-state index contributed by atoms with van der Waals surface area (Å²) in [7, 11) is 0. The first-order valence-electron chi connectivity index (χ1n) is 14.2. The quantitative estimate of drug-likeness (QED) is 0.139. The third-order valence-corrected chi connectivity index (χ3v) is 6.90. The molecule has 2 N–H and O–H groups in total. The average Bonchev–Trinajstić information content (AvgIpc) is 3.03. The minimum Gasteiger partial charge on any atom is -0.388 e. The molecule has 41 heavy (non-hydrogen) atoms. The smallest absolute Gasteiger partial charge is 0.114 e. The van der Waals surface area contributed by atoms with Crippen LogP contribution in [0.3, 0.4) is 0 Å². The summed E-state index contributed by atoms with van der Waals surface area (Å²) in [5.74, 6) is 0. The molecule has 0 saturated carbocycles. The van der Waals surface area contributed by atoms with Gasteiger partial charge in [-0.15, -0.1) is 6.58 Å². The van der Waals surface area contributed by atoms with Gasteiger partial charge in [0, 0.05) is 12.6 Å². The maximum Gasteiger partial charge on any atom is 0.114 e. The van der Waals surface area contributed by atoms with Crippen LogP contribution < -0.4 is 5.32 Å². The van der Waals surface area contributed by atoms with E-state index in [1.165, 1.54) is 0 Å². The van der Waals surface area contributed by atoms with E-state index in [4.69, 9.17) is 14.2 Å². The Hall–Kier alpha value is -3.58. The van der Waals surface area contributed by atoms with Crippen molar-refractivity contribution in [3.63, 3.8) is 0 Å². The molecule has 5 nitrogen and oxygen atoms in total. The van der Waals surface area contributed by atoms with Gasteiger partial charge >= 0.3 is 0 Å². The summed E-state index contributed by atoms with van der Waals surface area (Å²) in [6.07, 6.45) is 0.441. The van der Waals surface area contributed by atoms with Crippen molar-refractivity contribution in [2.45, 2.75) is 57.1 Å². The molecular formula is C36H41NO4. The van der Waals surface area contributed by atoms with E-state index in [1.807, 2.05) is 115 Å². The highest BCUT2D eigenvalue weighted by Crippen LogP contribution is 2.21. The predicted molar refractivity (Wildman–Crippen MR) is 164 cm³/mol. The number of aliphatic hydroxyl groups is 1. The van der Waals surface area contributed by atoms with Crippen LogP contribution in [-0.4, -0.2) is 36.1 Å². The first kappa shape index (κ1) is 30.4. The number of hydrogen-bond donors (Lipinski definition) is 2. The summed E-state index contributed by atoms with van der Waals surface area (Å²) in [6.45, 7) is 5.90. The standard InChI is InChI=1S/C36H41NO4/c1-2-15-33(37-24-29-16-7-3-8-17-29)35(40-26-31-20-11-5-12-21-31)36(41-27-32-22-13-6-14-23-32)34(38)28-39-25-30-18-9-4-10-19-30/h2-14,16-23,33-38H,1,15,24-28H2/t33-,34-,35-,36+/m0/s1. The largest absolute Gasteiger partial charge is 0.388 e. The number of aliphatic hydroxyl groups excluding tert-OH is 1. The van der Waals surface area contributed by atoms with E-state index in [0.29, 0.717) is 32.8 Å². The molecule has 0 saturated heterocycles. The first-order valence-corrected chi connectivity index (χ1v) is 14.2. The van der Waals surface area contributed by atoms with Crippen LogP contribution >= 0.6 is 0 Å². The summed E-state index contributed by atoms with van der Waals surface area (Å²) in [4.78, 5) is 0. The van der Waals surface area contributed by atoms with Gasteiger partial charge in [-0.2, -0.15) is 0 Å². The fraction of sp³-hybridized carbons (Fsp3) is 0.278. The molecule has 4 aromatic rings. The molecule has 0 heterocycles. The zero-order valence-corrected chi connectivity index (χ0v) is 23.6. The van der Waals surface area contributed by atoms with Gasteiger partial charge in [-0.05, 0) is 28.7 Å². The molecule has 0 amide bonds. The highest BCUT2D eigenvalue weighted by Gasteiger charge is 2.36. The lowest BCUT2D eigenvalue weighted by Gasteiger charge is -2.36. The number of nitrogens with one attached hydrogen (secondary N) is 1. The van der Waals surface area contributed by atoms with E-state index < -0.39 is 18.3 Å². The van der Waals surface area contributed by atoms with E-state index in [2.05, 4.69) is 24.0 Å². The fourth-order valence-electron chi connectivity index (χ4n) is 4.72. The SMILES string of the molecule is C=CC[C@H](NCc1ccccc1)[C@H](OCc1ccccc1)[C@H](OCc1ccccc1)[C@@H](O)COCc1ccccc1. The van der Waals surface area contributed by atoms with Gasteiger partial charge in [0.05, 0.1) is 26.4 Å². The highest BCUT2D eigenvalue weighted by molar-refractivity contribution is 5.16. The molecule has 0 spiro atoms. The zero-order chi connectivity index (χ0) is 28.5. The lowest BCUT2D eigenvalue weighted by atomic mass is 9.97. The van der Waals surface area contributed by atoms with Gasteiger partial charge in [0.2, 0.25) is 0 Å². The molecule has 0 aromatic heterocycles. The normalized spacial score (nSPS) is 14.2. The number of hydrogen-bond acceptors (Lipinski definition) is 5. The summed E-state index contributed by atoms with van der Waals surface area (Å²) >= 11 is 0. The second-order valence-corrected chi connectivity index (χ2v) is 10.1. The maximum atomic E-state index is 11.6. The Balaban J connectivity index is 1.56. The third kappa shape index (κ3) is 10.4. The molecule has 0 aliphatic heterocycles. The molecule has 214 valence electrons. The Labute approximate surface area is 244 Å². The van der Waals surface area contributed by atoms with Crippen LogP contribution in [0.1, 0.15) is 28.7 Å². The Kier molecular flexibility index (Phi) is 12.8. The fourth-order valence-corrected chi connectivity index (χ4v) is 4.72. The van der Waals surface area contributed by atoms with Crippen LogP contribution in [0.25, 0.3) is 0 Å². The van der Waals surface area contributed by atoms with Gasteiger partial charge in [0.25, 0.3) is 0 Å². The van der Waals surface area contributed by atoms with Crippen molar-refractivity contribution in [3.05, 3.63) is 156 Å². The number of rotatable bonds is 18. The number of benzene rings is 4. The molecular weight excluding hydrogens is 510 g/mol. The van der Waals surface area contributed by atoms with Crippen molar-refractivity contribution in [2.75, 3.05) is 6.61 Å². The van der Waals surface area contributed by atoms with Gasteiger partial charge in [0.15, 0.2) is 0 Å². The summed E-state index contributed by atoms with van der Waals surface area (Å²) in [5, 5.41) is 15.2. The molecule has 0 bridgehead atoms. The van der Waals surface area contributed by atoms with Gasteiger partial charge in [-0.25, -0.2) is 0 Å². The topological polar surface area (TPSA) is 60.0 Å². The van der Waals surface area contributed by atoms with Crippen LogP contribution in [0.15, 0.2) is 134 Å². The van der Waals surface area contributed by atoms with Crippen molar-refractivity contribution in [1.29, 1.82) is 0 Å².